The lowest BCUT2D eigenvalue weighted by atomic mass is 10.2. The zero-order valence-electron chi connectivity index (χ0n) is 13.3. The Hall–Kier alpha value is -2.74. The van der Waals surface area contributed by atoms with Gasteiger partial charge in [0, 0.05) is 0 Å². The van der Waals surface area contributed by atoms with Crippen molar-refractivity contribution in [3.8, 4) is 11.5 Å². The summed E-state index contributed by atoms with van der Waals surface area (Å²) in [5.74, 6) is 0.321. The van der Waals surface area contributed by atoms with Crippen molar-refractivity contribution in [2.75, 3.05) is 18.9 Å². The molecule has 0 aliphatic carbocycles. The van der Waals surface area contributed by atoms with Crippen LogP contribution in [0.3, 0.4) is 0 Å². The summed E-state index contributed by atoms with van der Waals surface area (Å²) < 4.78 is 12.3. The maximum atomic E-state index is 10.9. The number of halogens is 1. The van der Waals surface area contributed by atoms with Crippen LogP contribution in [-0.4, -0.2) is 35.0 Å². The fourth-order valence-electron chi connectivity index (χ4n) is 1.93. The first-order chi connectivity index (χ1) is 11.4. The lowest BCUT2D eigenvalue weighted by Gasteiger charge is -2.13. The molecule has 0 saturated heterocycles. The quantitative estimate of drug-likeness (QED) is 0.734. The van der Waals surface area contributed by atoms with Crippen LogP contribution in [-0.2, 0) is 4.79 Å². The topological polar surface area (TPSA) is 118 Å². The summed E-state index contributed by atoms with van der Waals surface area (Å²) in [5, 5.41) is 4.49. The lowest BCUT2D eigenvalue weighted by Crippen LogP contribution is -2.20. The van der Waals surface area contributed by atoms with E-state index < -0.39 is 5.91 Å². The third kappa shape index (κ3) is 4.39. The number of ether oxygens (including phenoxy) is 2. The predicted octanol–water partition coefficient (Wildman–Crippen LogP) is 1.57. The molecule has 0 saturated carbocycles. The highest BCUT2D eigenvalue weighted by atomic mass is 35.5. The summed E-state index contributed by atoms with van der Waals surface area (Å²) in [4.78, 5) is 14.9. The summed E-state index contributed by atoms with van der Waals surface area (Å²) in [7, 11) is 0. The van der Waals surface area contributed by atoms with Crippen molar-refractivity contribution in [3.05, 3.63) is 34.6 Å². The van der Waals surface area contributed by atoms with E-state index in [0.717, 1.165) is 5.69 Å². The molecule has 0 bridgehead atoms. The molecule has 0 unspecified atom stereocenters. The van der Waals surface area contributed by atoms with Crippen LogP contribution >= 0.6 is 11.6 Å². The molecule has 0 spiro atoms. The SMILES string of the molecule is CCOc1cc(C=Nn2cc(C)nc2N)cc(Cl)c1OCC(N)=O. The highest BCUT2D eigenvalue weighted by molar-refractivity contribution is 6.32. The van der Waals surface area contributed by atoms with Crippen LogP contribution in [0.5, 0.6) is 11.5 Å². The molecule has 24 heavy (non-hydrogen) atoms. The molecule has 0 atom stereocenters. The van der Waals surface area contributed by atoms with Crippen molar-refractivity contribution in [3.63, 3.8) is 0 Å². The second-order valence-electron chi connectivity index (χ2n) is 4.85. The van der Waals surface area contributed by atoms with E-state index in [1.807, 2.05) is 13.8 Å². The van der Waals surface area contributed by atoms with Gasteiger partial charge in [0.2, 0.25) is 5.95 Å². The van der Waals surface area contributed by atoms with Crippen LogP contribution in [0.4, 0.5) is 5.95 Å². The normalized spacial score (nSPS) is 11.0. The van der Waals surface area contributed by atoms with Gasteiger partial charge in [-0.05, 0) is 31.5 Å². The number of nitrogen functional groups attached to an aromatic ring is 1. The molecule has 1 heterocycles. The van der Waals surface area contributed by atoms with Crippen LogP contribution in [0.25, 0.3) is 0 Å². The summed E-state index contributed by atoms with van der Waals surface area (Å²) in [6.45, 7) is 3.74. The van der Waals surface area contributed by atoms with E-state index >= 15 is 0 Å². The number of hydrogen-bond donors (Lipinski definition) is 2. The fourth-order valence-corrected chi connectivity index (χ4v) is 2.21. The van der Waals surface area contributed by atoms with Gasteiger partial charge in [0.15, 0.2) is 18.1 Å². The molecular formula is C15H18ClN5O3. The number of aryl methyl sites for hydroxylation is 1. The zero-order chi connectivity index (χ0) is 17.7. The lowest BCUT2D eigenvalue weighted by molar-refractivity contribution is -0.119. The minimum atomic E-state index is -0.606. The van der Waals surface area contributed by atoms with Gasteiger partial charge >= 0.3 is 0 Å². The summed E-state index contributed by atoms with van der Waals surface area (Å²) in [6.07, 6.45) is 3.25. The standard InChI is InChI=1S/C15H18ClN5O3/c1-3-23-12-5-10(4-11(16)14(12)24-8-13(17)22)6-19-21-7-9(2)20-15(21)18/h4-7H,3,8H2,1-2H3,(H2,17,22)(H2,18,20). The van der Waals surface area contributed by atoms with Crippen molar-refractivity contribution < 1.29 is 14.3 Å². The number of carbonyl (C=O) groups is 1. The number of hydrogen-bond acceptors (Lipinski definition) is 6. The van der Waals surface area contributed by atoms with Crippen molar-refractivity contribution in [2.45, 2.75) is 13.8 Å². The number of carbonyl (C=O) groups excluding carboxylic acids is 1. The van der Waals surface area contributed by atoms with E-state index in [1.165, 1.54) is 4.68 Å². The van der Waals surface area contributed by atoms with Crippen molar-refractivity contribution in [1.82, 2.24) is 9.66 Å². The fraction of sp³-hybridized carbons (Fsp3) is 0.267. The summed E-state index contributed by atoms with van der Waals surface area (Å²) in [6, 6.07) is 3.32. The third-order valence-corrected chi connectivity index (χ3v) is 3.14. The Morgan fingerprint density at radius 2 is 2.21 bits per heavy atom. The molecular weight excluding hydrogens is 334 g/mol. The average Bonchev–Trinajstić information content (AvgIpc) is 2.82. The Morgan fingerprint density at radius 3 is 2.79 bits per heavy atom. The van der Waals surface area contributed by atoms with Gasteiger partial charge < -0.3 is 20.9 Å². The molecule has 8 nitrogen and oxygen atoms in total. The maximum absolute atomic E-state index is 10.9. The van der Waals surface area contributed by atoms with Gasteiger partial charge in [0.1, 0.15) is 0 Å². The highest BCUT2D eigenvalue weighted by Crippen LogP contribution is 2.36. The molecule has 2 rings (SSSR count). The molecule has 4 N–H and O–H groups in total. The van der Waals surface area contributed by atoms with Gasteiger partial charge in [-0.3, -0.25) is 4.79 Å². The molecule has 0 aliphatic heterocycles. The number of imidazole rings is 1. The Labute approximate surface area is 144 Å². The van der Waals surface area contributed by atoms with Gasteiger partial charge in [-0.25, -0.2) is 9.66 Å². The first-order valence-corrected chi connectivity index (χ1v) is 7.51. The molecule has 2 aromatic rings. The number of nitrogens with zero attached hydrogens (tertiary/aromatic N) is 3. The molecule has 0 aliphatic rings. The largest absolute Gasteiger partial charge is 0.490 e. The van der Waals surface area contributed by atoms with Crippen molar-refractivity contribution >= 4 is 29.7 Å². The number of aromatic nitrogens is 2. The van der Waals surface area contributed by atoms with Gasteiger partial charge in [-0.1, -0.05) is 11.6 Å². The Morgan fingerprint density at radius 1 is 1.46 bits per heavy atom. The Kier molecular flexibility index (Phi) is 5.64. The number of anilines is 1. The van der Waals surface area contributed by atoms with Crippen LogP contribution in [0.1, 0.15) is 18.2 Å². The predicted molar refractivity (Wildman–Crippen MR) is 91.7 cm³/mol. The van der Waals surface area contributed by atoms with E-state index in [1.54, 1.807) is 24.5 Å². The van der Waals surface area contributed by atoms with E-state index in [-0.39, 0.29) is 23.3 Å². The Bertz CT molecular complexity index is 773. The van der Waals surface area contributed by atoms with E-state index in [0.29, 0.717) is 17.9 Å². The molecule has 0 fully saturated rings. The number of nitrogens with two attached hydrogens (primary N) is 2. The number of benzene rings is 1. The second-order valence-corrected chi connectivity index (χ2v) is 5.25. The first-order valence-electron chi connectivity index (χ1n) is 7.14. The van der Waals surface area contributed by atoms with Gasteiger partial charge in [-0.15, -0.1) is 0 Å². The number of rotatable bonds is 7. The van der Waals surface area contributed by atoms with Crippen LogP contribution in [0, 0.1) is 6.92 Å². The molecule has 9 heteroatoms. The van der Waals surface area contributed by atoms with E-state index in [9.17, 15) is 4.79 Å². The van der Waals surface area contributed by atoms with E-state index in [4.69, 9.17) is 32.5 Å². The van der Waals surface area contributed by atoms with Crippen molar-refractivity contribution in [1.29, 1.82) is 0 Å². The molecule has 1 aromatic heterocycles. The average molecular weight is 352 g/mol. The van der Waals surface area contributed by atoms with Crippen LogP contribution in [0.2, 0.25) is 5.02 Å². The summed E-state index contributed by atoms with van der Waals surface area (Å²) >= 11 is 6.21. The molecule has 0 radical (unpaired) electrons. The highest BCUT2D eigenvalue weighted by Gasteiger charge is 2.13. The Balaban J connectivity index is 2.31. The number of primary amides is 1. The van der Waals surface area contributed by atoms with Crippen LogP contribution < -0.4 is 20.9 Å². The smallest absolute Gasteiger partial charge is 0.255 e. The van der Waals surface area contributed by atoms with Gasteiger partial charge in [0.25, 0.3) is 5.91 Å². The zero-order valence-corrected chi connectivity index (χ0v) is 14.1. The van der Waals surface area contributed by atoms with Gasteiger partial charge in [0.05, 0.1) is 29.7 Å². The minimum Gasteiger partial charge on any atom is -0.490 e. The second kappa shape index (κ2) is 7.69. The van der Waals surface area contributed by atoms with Crippen LogP contribution in [0.15, 0.2) is 23.4 Å². The van der Waals surface area contributed by atoms with Gasteiger partial charge in [-0.2, -0.15) is 5.10 Å². The third-order valence-electron chi connectivity index (χ3n) is 2.86. The molecule has 1 amide bonds. The minimum absolute atomic E-state index is 0.257. The molecule has 128 valence electrons. The monoisotopic (exact) mass is 351 g/mol. The van der Waals surface area contributed by atoms with Crippen molar-refractivity contribution in [2.24, 2.45) is 10.8 Å². The van der Waals surface area contributed by atoms with E-state index in [2.05, 4.69) is 10.1 Å². The maximum Gasteiger partial charge on any atom is 0.255 e. The number of amides is 1. The summed E-state index contributed by atoms with van der Waals surface area (Å²) in [5.41, 5.74) is 12.2. The first kappa shape index (κ1) is 17.6. The molecule has 1 aromatic carbocycles.